The van der Waals surface area contributed by atoms with E-state index in [1.54, 1.807) is 116 Å². The molecule has 0 aliphatic rings. The van der Waals surface area contributed by atoms with Crippen molar-refractivity contribution in [1.29, 1.82) is 0 Å². The number of benzene rings is 10. The molecule has 0 saturated carbocycles. The summed E-state index contributed by atoms with van der Waals surface area (Å²) in [5.74, 6) is -7.58. The van der Waals surface area contributed by atoms with Gasteiger partial charge >= 0.3 is 49.4 Å². The third kappa shape index (κ3) is 17.3. The van der Waals surface area contributed by atoms with E-state index in [1.807, 2.05) is 39.0 Å². The molecule has 0 unspecified atom stereocenters. The number of nitrogens with zero attached hydrogens (tertiary/aromatic N) is 7. The maximum atomic E-state index is 15.0. The van der Waals surface area contributed by atoms with Crippen LogP contribution in [0.15, 0.2) is 200 Å². The quantitative estimate of drug-likeness (QED) is 0.117. The van der Waals surface area contributed by atoms with Gasteiger partial charge in [0.1, 0.15) is 0 Å². The number of hydrogen-bond acceptors (Lipinski definition) is 8. The number of nitrogens with one attached hydrogen (secondary N) is 2. The molecule has 3 aromatic heterocycles. The lowest BCUT2D eigenvalue weighted by Crippen LogP contribution is -2.13. The molecule has 0 aliphatic heterocycles. The molecule has 10 aromatic carbocycles. The van der Waals surface area contributed by atoms with E-state index in [0.717, 1.165) is 23.8 Å². The third-order valence-electron chi connectivity index (χ3n) is 18.4. The van der Waals surface area contributed by atoms with Gasteiger partial charge in [-0.3, -0.25) is 0 Å². The number of anilines is 4. The molecular formula is C82H53F24N9. The smallest absolute Gasteiger partial charge is 0.355 e. The van der Waals surface area contributed by atoms with Gasteiger partial charge < -0.3 is 15.2 Å². The third-order valence-corrected chi connectivity index (χ3v) is 18.4. The molecule has 3 heterocycles. The summed E-state index contributed by atoms with van der Waals surface area (Å²) in [6.07, 6.45) is -45.4. The van der Waals surface area contributed by atoms with Crippen molar-refractivity contribution in [1.82, 2.24) is 34.5 Å². The summed E-state index contributed by atoms with van der Waals surface area (Å²) in [5.41, 5.74) is -20.8. The number of rotatable bonds is 12. The van der Waals surface area contributed by atoms with E-state index in [1.165, 1.54) is 0 Å². The van der Waals surface area contributed by atoms with Crippen LogP contribution in [0.1, 0.15) is 97.2 Å². The molecule has 0 saturated heterocycles. The van der Waals surface area contributed by atoms with Gasteiger partial charge in [0.05, 0.1) is 66.9 Å². The molecule has 33 heteroatoms. The zero-order chi connectivity index (χ0) is 83.6. The Kier molecular flexibility index (Phi) is 20.1. The van der Waals surface area contributed by atoms with Gasteiger partial charge in [-0.15, -0.1) is 0 Å². The van der Waals surface area contributed by atoms with Crippen molar-refractivity contribution < 1.29 is 105 Å². The topological polar surface area (TPSA) is 106 Å². The highest BCUT2D eigenvalue weighted by molar-refractivity contribution is 6.16. The maximum Gasteiger partial charge on any atom is 0.416 e. The first-order chi connectivity index (χ1) is 53.2. The molecule has 2 N–H and O–H groups in total. The van der Waals surface area contributed by atoms with Gasteiger partial charge in [0.15, 0.2) is 34.9 Å². The number of halogens is 24. The van der Waals surface area contributed by atoms with Crippen LogP contribution in [0.5, 0.6) is 0 Å². The average molecular weight is 1620 g/mol. The van der Waals surface area contributed by atoms with Gasteiger partial charge in [0.25, 0.3) is 0 Å². The minimum absolute atomic E-state index is 0.0145. The van der Waals surface area contributed by atoms with Crippen molar-refractivity contribution in [2.75, 3.05) is 10.6 Å². The molecule has 0 amide bonds. The van der Waals surface area contributed by atoms with Gasteiger partial charge in [-0.25, -0.2) is 29.9 Å². The predicted molar refractivity (Wildman–Crippen MR) is 382 cm³/mol. The van der Waals surface area contributed by atoms with Crippen LogP contribution in [0.2, 0.25) is 0 Å². The minimum atomic E-state index is -5.68. The van der Waals surface area contributed by atoms with E-state index in [-0.39, 0.29) is 89.4 Å². The fraction of sp³-hybridized carbons (Fsp3) is 0.195. The standard InChI is InChI=1S/C82H53F24N9/c1-73(2,3)45-18-21-64-59(36-45)61-38-46(74(4,5)6)37-60(66(61)115(64)65-22-19-57(107-55-13-9-7-10-14-55)39-63(65)108-56-15-11-8-12-16-56)58-20-17-40(67-109-68(41-23-47(75(83,84)85)32-48(24-41)76(86,87)88)111-69(110-67)42-25-49(77(89,90)91)33-50(26-42)78(92,93)94)31-62(58)72-113-70(43-27-51(79(95,96)97)34-52(28-43)80(98,99)100)112-71(114-72)44-29-53(81(101,102)103)35-54(30-44)82(104,105)106/h7-39,107-108H,1-6H3. The monoisotopic (exact) mass is 1620 g/mol. The maximum absolute atomic E-state index is 15.0. The van der Waals surface area contributed by atoms with Crippen molar-refractivity contribution in [3.8, 4) is 85.1 Å². The van der Waals surface area contributed by atoms with E-state index in [9.17, 15) is 52.7 Å². The lowest BCUT2D eigenvalue weighted by atomic mass is 9.82. The van der Waals surface area contributed by atoms with E-state index in [4.69, 9.17) is 0 Å². The Morgan fingerprint density at radius 1 is 0.243 bits per heavy atom. The summed E-state index contributed by atoms with van der Waals surface area (Å²) in [5, 5.41) is 7.70. The molecule has 0 radical (unpaired) electrons. The number of aromatic nitrogens is 7. The van der Waals surface area contributed by atoms with Crippen molar-refractivity contribution >= 4 is 44.6 Å². The van der Waals surface area contributed by atoms with Crippen LogP contribution in [-0.4, -0.2) is 34.5 Å². The second-order valence-electron chi connectivity index (χ2n) is 28.8. The van der Waals surface area contributed by atoms with Crippen molar-refractivity contribution in [3.05, 3.63) is 256 Å². The van der Waals surface area contributed by atoms with Gasteiger partial charge in [0, 0.05) is 66.8 Å². The Morgan fingerprint density at radius 2 is 0.583 bits per heavy atom. The Bertz CT molecular complexity index is 5620. The van der Waals surface area contributed by atoms with Gasteiger partial charge in [-0.05, 0) is 173 Å². The highest BCUT2D eigenvalue weighted by Crippen LogP contribution is 2.50. The zero-order valence-corrected chi connectivity index (χ0v) is 59.8. The van der Waals surface area contributed by atoms with E-state index >= 15 is 52.7 Å². The highest BCUT2D eigenvalue weighted by Gasteiger charge is 2.43. The van der Waals surface area contributed by atoms with Crippen LogP contribution in [0.3, 0.4) is 0 Å². The summed E-state index contributed by atoms with van der Waals surface area (Å²) in [4.78, 5) is 25.0. The summed E-state index contributed by atoms with van der Waals surface area (Å²) >= 11 is 0. The Balaban J connectivity index is 1.23. The molecule has 0 aliphatic carbocycles. The molecule has 0 atom stereocenters. The van der Waals surface area contributed by atoms with Crippen molar-refractivity contribution in [2.24, 2.45) is 0 Å². The first-order valence-corrected chi connectivity index (χ1v) is 34.0. The minimum Gasteiger partial charge on any atom is -0.355 e. The molecule has 594 valence electrons. The Hall–Kier alpha value is -12.1. The van der Waals surface area contributed by atoms with Crippen LogP contribution in [0.4, 0.5) is 128 Å². The highest BCUT2D eigenvalue weighted by atomic mass is 19.4. The number of fused-ring (bicyclic) bond motifs is 3. The van der Waals surface area contributed by atoms with E-state index in [0.29, 0.717) is 50.3 Å². The summed E-state index contributed by atoms with van der Waals surface area (Å²) in [6, 6.07) is 33.5. The Labute approximate surface area is 635 Å². The first-order valence-electron chi connectivity index (χ1n) is 34.0. The number of para-hydroxylation sites is 2. The second-order valence-corrected chi connectivity index (χ2v) is 28.8. The molecule has 13 rings (SSSR count). The average Bonchev–Trinajstić information content (AvgIpc) is 1.57. The normalized spacial score (nSPS) is 13.1. The molecule has 0 fully saturated rings. The first kappa shape index (κ1) is 81.0. The van der Waals surface area contributed by atoms with E-state index in [2.05, 4.69) is 40.5 Å². The van der Waals surface area contributed by atoms with Gasteiger partial charge in [-0.1, -0.05) is 96.1 Å². The van der Waals surface area contributed by atoms with Gasteiger partial charge in [0.2, 0.25) is 0 Å². The molecule has 0 spiro atoms. The van der Waals surface area contributed by atoms with Crippen LogP contribution in [0, 0.1) is 0 Å². The predicted octanol–water partition coefficient (Wildman–Crippen LogP) is 27.1. The molecule has 115 heavy (non-hydrogen) atoms. The van der Waals surface area contributed by atoms with Crippen LogP contribution < -0.4 is 10.6 Å². The summed E-state index contributed by atoms with van der Waals surface area (Å²) in [7, 11) is 0. The largest absolute Gasteiger partial charge is 0.416 e. The second kappa shape index (κ2) is 28.5. The zero-order valence-electron chi connectivity index (χ0n) is 59.8. The molecule has 0 bridgehead atoms. The summed E-state index contributed by atoms with van der Waals surface area (Å²) < 4.78 is 359. The number of hydrogen-bond donors (Lipinski definition) is 2. The SMILES string of the molecule is CC(C)(C)c1ccc2c(c1)c1cc(C(C)(C)C)cc(-c3ccc(-c4nc(-c5cc(C(F)(F)F)cc(C(F)(F)F)c5)nc(-c5cc(C(F)(F)F)cc(C(F)(F)F)c5)n4)cc3-c3nc(-c4cc(C(F)(F)F)cc(C(F)(F)F)c4)nc(-c4cc(C(F)(F)F)cc(C(F)(F)F)c4)n3)c1n2-c1ccc(Nc2ccccc2)cc1Nc1ccccc1. The lowest BCUT2D eigenvalue weighted by molar-refractivity contribution is -0.144. The van der Waals surface area contributed by atoms with E-state index < -0.39 is 173 Å². The number of alkyl halides is 24. The van der Waals surface area contributed by atoms with Gasteiger partial charge in [-0.2, -0.15) is 105 Å². The van der Waals surface area contributed by atoms with Crippen LogP contribution in [0.25, 0.3) is 107 Å². The lowest BCUT2D eigenvalue weighted by Gasteiger charge is -2.23. The van der Waals surface area contributed by atoms with Crippen molar-refractivity contribution in [3.63, 3.8) is 0 Å². The molecule has 13 aromatic rings. The molecular weight excluding hydrogens is 1570 g/mol. The van der Waals surface area contributed by atoms with Crippen molar-refractivity contribution in [2.45, 2.75) is 102 Å². The Morgan fingerprint density at radius 3 is 0.939 bits per heavy atom. The van der Waals surface area contributed by atoms with Crippen LogP contribution in [-0.2, 0) is 60.2 Å². The fourth-order valence-corrected chi connectivity index (χ4v) is 12.7. The summed E-state index contributed by atoms with van der Waals surface area (Å²) in [6.45, 7) is 11.0. The van der Waals surface area contributed by atoms with Crippen LogP contribution >= 0.6 is 0 Å². The molecule has 9 nitrogen and oxygen atoms in total. The fourth-order valence-electron chi connectivity index (χ4n) is 12.7.